The van der Waals surface area contributed by atoms with Gasteiger partial charge in [0.15, 0.2) is 0 Å². The van der Waals surface area contributed by atoms with Crippen LogP contribution in [0.3, 0.4) is 0 Å². The van der Waals surface area contributed by atoms with E-state index in [1.165, 1.54) is 5.01 Å². The topological polar surface area (TPSA) is 56.7 Å². The second kappa shape index (κ2) is 6.58. The first-order valence-electron chi connectivity index (χ1n) is 6.97. The Balaban J connectivity index is 1.72. The van der Waals surface area contributed by atoms with Gasteiger partial charge in [0.1, 0.15) is 6.04 Å². The van der Waals surface area contributed by atoms with Gasteiger partial charge >= 0.3 is 0 Å². The third-order valence-electron chi connectivity index (χ3n) is 3.41. The summed E-state index contributed by atoms with van der Waals surface area (Å²) in [6, 6.07) is 13.8. The van der Waals surface area contributed by atoms with Crippen molar-refractivity contribution < 1.29 is 4.79 Å². The number of hydrogen-bond acceptors (Lipinski definition) is 4. The van der Waals surface area contributed by atoms with Crippen LogP contribution in [-0.2, 0) is 4.79 Å². The highest BCUT2D eigenvalue weighted by Crippen LogP contribution is 2.25. The van der Waals surface area contributed by atoms with Crippen molar-refractivity contribution in [3.8, 4) is 0 Å². The van der Waals surface area contributed by atoms with Gasteiger partial charge in [0.2, 0.25) is 0 Å². The molecule has 1 heterocycles. The zero-order valence-electron chi connectivity index (χ0n) is 12.3. The summed E-state index contributed by atoms with van der Waals surface area (Å²) in [4.78, 5) is 12.5. The zero-order chi connectivity index (χ0) is 16.4. The number of para-hydroxylation sites is 1. The van der Waals surface area contributed by atoms with Crippen LogP contribution in [0.1, 0.15) is 6.92 Å². The summed E-state index contributed by atoms with van der Waals surface area (Å²) in [5.74, 6) is -0.161. The molecule has 23 heavy (non-hydrogen) atoms. The third kappa shape index (κ3) is 3.32. The van der Waals surface area contributed by atoms with E-state index in [0.717, 1.165) is 5.69 Å². The molecular weight excluding hydrogens is 335 g/mol. The molecule has 7 heteroatoms. The molecular formula is C16H14Cl2N4O. The lowest BCUT2D eigenvalue weighted by Crippen LogP contribution is -2.45. The highest BCUT2D eigenvalue weighted by Gasteiger charge is 2.34. The van der Waals surface area contributed by atoms with Gasteiger partial charge in [-0.05, 0) is 37.3 Å². The molecule has 5 nitrogen and oxygen atoms in total. The molecule has 2 aromatic rings. The molecule has 0 saturated heterocycles. The predicted octanol–water partition coefficient (Wildman–Crippen LogP) is 3.70. The number of amides is 1. The average molecular weight is 349 g/mol. The molecule has 1 aliphatic rings. The van der Waals surface area contributed by atoms with Crippen molar-refractivity contribution in [2.45, 2.75) is 13.0 Å². The lowest BCUT2D eigenvalue weighted by atomic mass is 10.2. The number of hydrazone groups is 1. The van der Waals surface area contributed by atoms with E-state index in [2.05, 4.69) is 16.0 Å². The van der Waals surface area contributed by atoms with Gasteiger partial charge < -0.3 is 5.43 Å². The summed E-state index contributed by atoms with van der Waals surface area (Å²) in [7, 11) is 0. The van der Waals surface area contributed by atoms with E-state index in [0.29, 0.717) is 21.4 Å². The van der Waals surface area contributed by atoms with E-state index in [1.807, 2.05) is 30.3 Å². The van der Waals surface area contributed by atoms with Crippen LogP contribution in [-0.4, -0.2) is 17.7 Å². The zero-order valence-corrected chi connectivity index (χ0v) is 13.8. The maximum atomic E-state index is 12.5. The van der Waals surface area contributed by atoms with Crippen LogP contribution in [0.4, 0.5) is 11.4 Å². The minimum atomic E-state index is -0.568. The van der Waals surface area contributed by atoms with Crippen LogP contribution < -0.4 is 15.9 Å². The maximum absolute atomic E-state index is 12.5. The molecule has 2 aromatic carbocycles. The number of rotatable bonds is 4. The molecule has 0 aliphatic carbocycles. The molecule has 0 radical (unpaired) electrons. The predicted molar refractivity (Wildman–Crippen MR) is 94.0 cm³/mol. The summed E-state index contributed by atoms with van der Waals surface area (Å²) in [6.07, 6.45) is 0. The fourth-order valence-electron chi connectivity index (χ4n) is 2.23. The molecule has 1 aliphatic heterocycles. The molecule has 118 valence electrons. The maximum Gasteiger partial charge on any atom is 0.272 e. The number of hydrazine groups is 1. The lowest BCUT2D eigenvalue weighted by Gasteiger charge is -2.17. The van der Waals surface area contributed by atoms with Crippen molar-refractivity contribution in [1.29, 1.82) is 0 Å². The number of benzene rings is 2. The summed E-state index contributed by atoms with van der Waals surface area (Å²) in [5.41, 5.74) is 7.93. The molecule has 0 bridgehead atoms. The van der Waals surface area contributed by atoms with Crippen LogP contribution in [0.25, 0.3) is 0 Å². The lowest BCUT2D eigenvalue weighted by molar-refractivity contribution is -0.118. The first kappa shape index (κ1) is 15.8. The number of nitrogens with zero attached hydrogens (tertiary/aromatic N) is 2. The fourth-order valence-corrected chi connectivity index (χ4v) is 2.68. The third-order valence-corrected chi connectivity index (χ3v) is 3.96. The van der Waals surface area contributed by atoms with Crippen LogP contribution in [0.2, 0.25) is 10.0 Å². The van der Waals surface area contributed by atoms with Gasteiger partial charge in [-0.25, -0.2) is 5.43 Å². The Kier molecular flexibility index (Phi) is 4.52. The number of halogens is 2. The van der Waals surface area contributed by atoms with Gasteiger partial charge in [-0.1, -0.05) is 41.4 Å². The summed E-state index contributed by atoms with van der Waals surface area (Å²) >= 11 is 12.0. The van der Waals surface area contributed by atoms with Crippen LogP contribution in [0, 0.1) is 0 Å². The van der Waals surface area contributed by atoms with Crippen molar-refractivity contribution in [3.63, 3.8) is 0 Å². The Morgan fingerprint density at radius 3 is 2.57 bits per heavy atom. The number of carbonyl (C=O) groups is 1. The van der Waals surface area contributed by atoms with Gasteiger partial charge in [-0.2, -0.15) is 10.1 Å². The Morgan fingerprint density at radius 2 is 1.87 bits per heavy atom. The molecule has 1 atom stereocenters. The second-order valence-electron chi connectivity index (χ2n) is 5.05. The molecule has 1 amide bonds. The summed E-state index contributed by atoms with van der Waals surface area (Å²) < 4.78 is 0. The van der Waals surface area contributed by atoms with E-state index < -0.39 is 6.04 Å². The first-order valence-corrected chi connectivity index (χ1v) is 7.72. The second-order valence-corrected chi connectivity index (χ2v) is 5.90. The van der Waals surface area contributed by atoms with Gasteiger partial charge in [0.25, 0.3) is 5.91 Å². The van der Waals surface area contributed by atoms with Crippen molar-refractivity contribution >= 4 is 46.2 Å². The average Bonchev–Trinajstić information content (AvgIpc) is 2.82. The number of anilines is 2. The highest BCUT2D eigenvalue weighted by molar-refractivity contribution is 6.36. The summed E-state index contributed by atoms with van der Waals surface area (Å²) in [6.45, 7) is 1.80. The van der Waals surface area contributed by atoms with E-state index >= 15 is 0 Å². The Labute approximate surface area is 143 Å². The van der Waals surface area contributed by atoms with Gasteiger partial charge in [0, 0.05) is 5.02 Å². The van der Waals surface area contributed by atoms with E-state index in [1.54, 1.807) is 25.1 Å². The van der Waals surface area contributed by atoms with Gasteiger partial charge in [0.05, 0.1) is 22.1 Å². The number of carbonyl (C=O) groups excluding carboxylic acids is 1. The molecule has 0 fully saturated rings. The standard InChI is InChI=1S/C16H14Cl2N4O/c1-10-15(20-19-14-8-7-11(17)9-13(14)18)16(23)22(21-10)12-5-3-2-4-6-12/h2-9,15,19-20H,1H3. The highest BCUT2D eigenvalue weighted by atomic mass is 35.5. The quantitative estimate of drug-likeness (QED) is 0.828. The van der Waals surface area contributed by atoms with Crippen LogP contribution in [0.5, 0.6) is 0 Å². The minimum absolute atomic E-state index is 0.161. The van der Waals surface area contributed by atoms with Gasteiger partial charge in [-0.3, -0.25) is 4.79 Å². The normalized spacial score (nSPS) is 17.3. The van der Waals surface area contributed by atoms with E-state index in [4.69, 9.17) is 23.2 Å². The number of nitrogens with one attached hydrogen (secondary N) is 2. The Bertz CT molecular complexity index is 764. The number of hydrogen-bond donors (Lipinski definition) is 2. The fraction of sp³-hybridized carbons (Fsp3) is 0.125. The summed E-state index contributed by atoms with van der Waals surface area (Å²) in [5, 5.41) is 6.71. The molecule has 0 saturated carbocycles. The smallest absolute Gasteiger partial charge is 0.272 e. The van der Waals surface area contributed by atoms with E-state index in [-0.39, 0.29) is 5.91 Å². The van der Waals surface area contributed by atoms with E-state index in [9.17, 15) is 4.79 Å². The van der Waals surface area contributed by atoms with Crippen molar-refractivity contribution in [2.24, 2.45) is 5.10 Å². The van der Waals surface area contributed by atoms with Crippen molar-refractivity contribution in [3.05, 3.63) is 58.6 Å². The molecule has 3 rings (SSSR count). The largest absolute Gasteiger partial charge is 0.319 e. The SMILES string of the molecule is CC1=NN(c2ccccc2)C(=O)C1NNc1ccc(Cl)cc1Cl. The van der Waals surface area contributed by atoms with Crippen molar-refractivity contribution in [2.75, 3.05) is 10.4 Å². The Hall–Kier alpha value is -2.08. The van der Waals surface area contributed by atoms with Crippen molar-refractivity contribution in [1.82, 2.24) is 5.43 Å². The first-order chi connectivity index (χ1) is 11.1. The monoisotopic (exact) mass is 348 g/mol. The molecule has 2 N–H and O–H groups in total. The van der Waals surface area contributed by atoms with Crippen LogP contribution >= 0.6 is 23.2 Å². The van der Waals surface area contributed by atoms with Crippen LogP contribution in [0.15, 0.2) is 53.6 Å². The van der Waals surface area contributed by atoms with Gasteiger partial charge in [-0.15, -0.1) is 0 Å². The minimum Gasteiger partial charge on any atom is -0.319 e. The molecule has 0 spiro atoms. The molecule has 0 aromatic heterocycles. The Morgan fingerprint density at radius 1 is 1.13 bits per heavy atom. The molecule has 1 unspecified atom stereocenters.